The normalized spacial score (nSPS) is 19.2. The Kier molecular flexibility index (Phi) is 4.83. The molecule has 0 bridgehead atoms. The number of hydrogen-bond donors (Lipinski definition) is 1. The molecule has 0 rings (SSSR count). The first-order chi connectivity index (χ1) is 7.38. The van der Waals surface area contributed by atoms with Crippen molar-refractivity contribution in [2.75, 3.05) is 7.11 Å². The molecule has 2 atom stereocenters. The summed E-state index contributed by atoms with van der Waals surface area (Å²) in [5, 5.41) is 8.68. The fourth-order valence-electron chi connectivity index (χ4n) is 0.716. The molecular formula is C8H12F6O3. The van der Waals surface area contributed by atoms with E-state index in [-0.39, 0.29) is 0 Å². The van der Waals surface area contributed by atoms with E-state index < -0.39 is 30.3 Å². The van der Waals surface area contributed by atoms with Crippen LogP contribution in [0, 0.1) is 5.92 Å². The standard InChI is InChI=1S/C8H12F6O3/c1-4(2)7(10,11)17-6(9,5(15)16-3)8(12,13)14/h4-5,15H,1-3H3. The molecule has 0 heterocycles. The molecule has 0 aliphatic rings. The van der Waals surface area contributed by atoms with Gasteiger partial charge < -0.3 is 9.84 Å². The fourth-order valence-corrected chi connectivity index (χ4v) is 0.716. The van der Waals surface area contributed by atoms with E-state index in [2.05, 4.69) is 9.47 Å². The molecule has 0 radical (unpaired) electrons. The molecule has 0 spiro atoms. The maximum absolute atomic E-state index is 13.3. The quantitative estimate of drug-likeness (QED) is 0.616. The summed E-state index contributed by atoms with van der Waals surface area (Å²) in [5.41, 5.74) is 0. The highest BCUT2D eigenvalue weighted by molar-refractivity contribution is 4.83. The molecule has 0 aliphatic heterocycles. The average Bonchev–Trinajstić information content (AvgIpc) is 2.13. The molecule has 0 aromatic heterocycles. The molecule has 0 saturated heterocycles. The Bertz CT molecular complexity index is 254. The van der Waals surface area contributed by atoms with Crippen molar-refractivity contribution in [1.82, 2.24) is 0 Å². The van der Waals surface area contributed by atoms with Gasteiger partial charge in [-0.1, -0.05) is 13.8 Å². The molecule has 1 N–H and O–H groups in total. The smallest absolute Gasteiger partial charge is 0.363 e. The molecule has 2 unspecified atom stereocenters. The maximum Gasteiger partial charge on any atom is 0.454 e. The Morgan fingerprint density at radius 1 is 1.00 bits per heavy atom. The Morgan fingerprint density at radius 3 is 1.65 bits per heavy atom. The number of hydrogen-bond acceptors (Lipinski definition) is 3. The first kappa shape index (κ1) is 16.5. The summed E-state index contributed by atoms with van der Waals surface area (Å²) in [6, 6.07) is 0. The third kappa shape index (κ3) is 3.46. The van der Waals surface area contributed by atoms with Gasteiger partial charge in [0, 0.05) is 13.0 Å². The highest BCUT2D eigenvalue weighted by atomic mass is 19.4. The lowest BCUT2D eigenvalue weighted by atomic mass is 10.2. The highest BCUT2D eigenvalue weighted by Crippen LogP contribution is 2.43. The van der Waals surface area contributed by atoms with Gasteiger partial charge in [0.05, 0.1) is 0 Å². The van der Waals surface area contributed by atoms with E-state index in [1.54, 1.807) is 0 Å². The molecule has 0 aromatic carbocycles. The van der Waals surface area contributed by atoms with Gasteiger partial charge in [0.25, 0.3) is 0 Å². The first-order valence-electron chi connectivity index (χ1n) is 4.43. The highest BCUT2D eigenvalue weighted by Gasteiger charge is 2.67. The van der Waals surface area contributed by atoms with Crippen molar-refractivity contribution in [2.24, 2.45) is 5.92 Å². The second-order valence-corrected chi connectivity index (χ2v) is 3.55. The van der Waals surface area contributed by atoms with Crippen LogP contribution in [0.3, 0.4) is 0 Å². The summed E-state index contributed by atoms with van der Waals surface area (Å²) in [6.45, 7) is 1.66. The van der Waals surface area contributed by atoms with Crippen molar-refractivity contribution in [2.45, 2.75) is 38.3 Å². The van der Waals surface area contributed by atoms with Gasteiger partial charge in [0.2, 0.25) is 6.29 Å². The van der Waals surface area contributed by atoms with Gasteiger partial charge in [-0.05, 0) is 0 Å². The largest absolute Gasteiger partial charge is 0.454 e. The van der Waals surface area contributed by atoms with E-state index in [0.717, 1.165) is 13.8 Å². The molecule has 3 nitrogen and oxygen atoms in total. The fraction of sp³-hybridized carbons (Fsp3) is 1.00. The third-order valence-electron chi connectivity index (χ3n) is 1.88. The Labute approximate surface area is 93.3 Å². The first-order valence-corrected chi connectivity index (χ1v) is 4.43. The molecule has 0 fully saturated rings. The molecule has 17 heavy (non-hydrogen) atoms. The topological polar surface area (TPSA) is 38.7 Å². The van der Waals surface area contributed by atoms with Crippen LogP contribution in [0.15, 0.2) is 0 Å². The lowest BCUT2D eigenvalue weighted by Crippen LogP contribution is -2.57. The monoisotopic (exact) mass is 270 g/mol. The van der Waals surface area contributed by atoms with Crippen LogP contribution in [0.25, 0.3) is 0 Å². The van der Waals surface area contributed by atoms with Crippen LogP contribution in [0.1, 0.15) is 13.8 Å². The summed E-state index contributed by atoms with van der Waals surface area (Å²) in [5.74, 6) is -6.72. The van der Waals surface area contributed by atoms with Crippen LogP contribution in [0.5, 0.6) is 0 Å². The summed E-state index contributed by atoms with van der Waals surface area (Å²) in [6.07, 6.45) is -13.5. The third-order valence-corrected chi connectivity index (χ3v) is 1.88. The summed E-state index contributed by atoms with van der Waals surface area (Å²) >= 11 is 0. The zero-order valence-electron chi connectivity index (χ0n) is 9.19. The van der Waals surface area contributed by atoms with Crippen molar-refractivity contribution < 1.29 is 40.9 Å². The minimum atomic E-state index is -5.87. The van der Waals surface area contributed by atoms with Gasteiger partial charge in [0.15, 0.2) is 0 Å². The molecule has 104 valence electrons. The average molecular weight is 270 g/mol. The van der Waals surface area contributed by atoms with E-state index in [4.69, 9.17) is 5.11 Å². The van der Waals surface area contributed by atoms with Gasteiger partial charge in [0.1, 0.15) is 0 Å². The van der Waals surface area contributed by atoms with E-state index in [1.807, 2.05) is 0 Å². The van der Waals surface area contributed by atoms with E-state index >= 15 is 0 Å². The van der Waals surface area contributed by atoms with Gasteiger partial charge in [-0.3, -0.25) is 4.74 Å². The number of aliphatic hydroxyl groups excluding tert-OH is 1. The number of alkyl halides is 6. The predicted molar refractivity (Wildman–Crippen MR) is 43.8 cm³/mol. The van der Waals surface area contributed by atoms with Crippen molar-refractivity contribution in [3.8, 4) is 0 Å². The van der Waals surface area contributed by atoms with Crippen LogP contribution in [-0.4, -0.2) is 36.6 Å². The van der Waals surface area contributed by atoms with E-state index in [0.29, 0.717) is 7.11 Å². The molecular weight excluding hydrogens is 258 g/mol. The number of aliphatic hydroxyl groups is 1. The van der Waals surface area contributed by atoms with Gasteiger partial charge in [-0.15, -0.1) is 0 Å². The number of methoxy groups -OCH3 is 1. The molecule has 0 amide bonds. The molecule has 0 aromatic rings. The lowest BCUT2D eigenvalue weighted by molar-refractivity contribution is -0.461. The van der Waals surface area contributed by atoms with Gasteiger partial charge in [-0.25, -0.2) is 0 Å². The SMILES string of the molecule is COC(O)C(F)(OC(F)(F)C(C)C)C(F)(F)F. The molecule has 0 aliphatic carbocycles. The Hall–Kier alpha value is -0.540. The Balaban J connectivity index is 5.24. The van der Waals surface area contributed by atoms with Crippen molar-refractivity contribution in [3.05, 3.63) is 0 Å². The second kappa shape index (κ2) is 4.99. The zero-order chi connectivity index (χ0) is 14.1. The Morgan fingerprint density at radius 2 is 1.41 bits per heavy atom. The van der Waals surface area contributed by atoms with E-state index in [9.17, 15) is 26.3 Å². The van der Waals surface area contributed by atoms with Crippen LogP contribution >= 0.6 is 0 Å². The summed E-state index contributed by atoms with van der Waals surface area (Å²) < 4.78 is 82.8. The van der Waals surface area contributed by atoms with Gasteiger partial charge >= 0.3 is 18.1 Å². The lowest BCUT2D eigenvalue weighted by Gasteiger charge is -2.34. The van der Waals surface area contributed by atoms with Crippen LogP contribution in [0.2, 0.25) is 0 Å². The predicted octanol–water partition coefficient (Wildman–Crippen LogP) is 2.44. The minimum Gasteiger partial charge on any atom is -0.363 e. The maximum atomic E-state index is 13.3. The molecule has 9 heteroatoms. The van der Waals surface area contributed by atoms with Crippen molar-refractivity contribution in [1.29, 1.82) is 0 Å². The van der Waals surface area contributed by atoms with Crippen molar-refractivity contribution in [3.63, 3.8) is 0 Å². The number of ether oxygens (including phenoxy) is 2. The summed E-state index contributed by atoms with van der Waals surface area (Å²) in [7, 11) is 0.515. The van der Waals surface area contributed by atoms with Gasteiger partial charge in [-0.2, -0.15) is 26.3 Å². The number of halogens is 6. The summed E-state index contributed by atoms with van der Waals surface area (Å²) in [4.78, 5) is 0. The van der Waals surface area contributed by atoms with E-state index in [1.165, 1.54) is 0 Å². The van der Waals surface area contributed by atoms with Crippen LogP contribution in [-0.2, 0) is 9.47 Å². The van der Waals surface area contributed by atoms with Crippen LogP contribution in [0.4, 0.5) is 26.3 Å². The molecule has 0 saturated carbocycles. The minimum absolute atomic E-state index is 0.515. The zero-order valence-corrected chi connectivity index (χ0v) is 9.19. The van der Waals surface area contributed by atoms with Crippen molar-refractivity contribution >= 4 is 0 Å². The van der Waals surface area contributed by atoms with Crippen LogP contribution < -0.4 is 0 Å². The number of rotatable bonds is 5. The second-order valence-electron chi connectivity index (χ2n) is 3.55.